The average Bonchev–Trinajstić information content (AvgIpc) is 3.15. The van der Waals surface area contributed by atoms with Crippen LogP contribution in [0.2, 0.25) is 0 Å². The Hall–Kier alpha value is -3.78. The van der Waals surface area contributed by atoms with E-state index >= 15 is 0 Å². The van der Waals surface area contributed by atoms with Gasteiger partial charge in [0, 0.05) is 16.8 Å². The summed E-state index contributed by atoms with van der Waals surface area (Å²) in [5, 5.41) is 19.0. The Morgan fingerprint density at radius 2 is 1.84 bits per heavy atom. The molecule has 3 N–H and O–H groups in total. The topological polar surface area (TPSA) is 103 Å². The van der Waals surface area contributed by atoms with Crippen LogP contribution in [-0.4, -0.2) is 30.9 Å². The molecule has 1 aromatic heterocycles. The van der Waals surface area contributed by atoms with Crippen LogP contribution >= 0.6 is 11.3 Å². The standard InChI is InChI=1S/C21H17F3N4O3S/c22-21(23,24)31-15-7-5-14(6-8-15)27-20(30)28-17(19(29)26-10-9-25)11-13-12-32-18-4-2-1-3-16(13)18/h1-8,12,17H,10-11H2,(H,26,29)(H2,27,28,30). The number of benzene rings is 2. The molecule has 3 aromatic rings. The summed E-state index contributed by atoms with van der Waals surface area (Å²) in [4.78, 5) is 24.9. The number of alkyl halides is 3. The molecule has 1 atom stereocenters. The number of anilines is 1. The molecule has 2 aromatic carbocycles. The molecule has 3 amide bonds. The van der Waals surface area contributed by atoms with Crippen LogP contribution in [0.25, 0.3) is 10.1 Å². The van der Waals surface area contributed by atoms with E-state index in [9.17, 15) is 22.8 Å². The van der Waals surface area contributed by atoms with Gasteiger partial charge in [0.1, 0.15) is 18.3 Å². The Kier molecular flexibility index (Phi) is 7.17. The van der Waals surface area contributed by atoms with Gasteiger partial charge >= 0.3 is 12.4 Å². The molecule has 0 saturated carbocycles. The summed E-state index contributed by atoms with van der Waals surface area (Å²) in [5.41, 5.74) is 1.06. The Labute approximate surface area is 184 Å². The number of hydrogen-bond acceptors (Lipinski definition) is 5. The average molecular weight is 462 g/mol. The van der Waals surface area contributed by atoms with E-state index in [4.69, 9.17) is 5.26 Å². The van der Waals surface area contributed by atoms with Gasteiger partial charge in [-0.2, -0.15) is 5.26 Å². The van der Waals surface area contributed by atoms with Gasteiger partial charge in [0.25, 0.3) is 0 Å². The third-order valence-electron chi connectivity index (χ3n) is 4.29. The van der Waals surface area contributed by atoms with E-state index in [0.29, 0.717) is 0 Å². The minimum Gasteiger partial charge on any atom is -0.406 e. The molecule has 0 bridgehead atoms. The van der Waals surface area contributed by atoms with Crippen LogP contribution in [0.5, 0.6) is 5.75 Å². The molecule has 7 nitrogen and oxygen atoms in total. The molecule has 0 fully saturated rings. The fourth-order valence-corrected chi connectivity index (χ4v) is 3.91. The van der Waals surface area contributed by atoms with E-state index in [1.807, 2.05) is 29.6 Å². The molecule has 166 valence electrons. The third kappa shape index (κ3) is 6.36. The Bertz CT molecular complexity index is 1140. The largest absolute Gasteiger partial charge is 0.573 e. The molecular formula is C21H17F3N4O3S. The summed E-state index contributed by atoms with van der Waals surface area (Å²) in [6.07, 6.45) is -4.63. The number of amides is 3. The lowest BCUT2D eigenvalue weighted by atomic mass is 10.0. The first-order valence-electron chi connectivity index (χ1n) is 9.28. The molecular weight excluding hydrogens is 445 g/mol. The van der Waals surface area contributed by atoms with E-state index < -0.39 is 30.1 Å². The van der Waals surface area contributed by atoms with Crippen LogP contribution in [0.4, 0.5) is 23.7 Å². The SMILES string of the molecule is N#CCNC(=O)C(Cc1csc2ccccc12)NC(=O)Nc1ccc(OC(F)(F)F)cc1. The van der Waals surface area contributed by atoms with Crippen molar-refractivity contribution in [3.8, 4) is 11.8 Å². The minimum absolute atomic E-state index is 0.188. The van der Waals surface area contributed by atoms with Crippen molar-refractivity contribution in [2.24, 2.45) is 0 Å². The molecule has 32 heavy (non-hydrogen) atoms. The molecule has 0 aliphatic carbocycles. The fourth-order valence-electron chi connectivity index (χ4n) is 2.94. The molecule has 1 heterocycles. The number of urea groups is 1. The lowest BCUT2D eigenvalue weighted by Crippen LogP contribution is -2.49. The number of nitrogens with one attached hydrogen (secondary N) is 3. The molecule has 3 rings (SSSR count). The van der Waals surface area contributed by atoms with Crippen LogP contribution in [0.15, 0.2) is 53.9 Å². The van der Waals surface area contributed by atoms with E-state index in [1.54, 1.807) is 6.07 Å². The second kappa shape index (κ2) is 10.0. The zero-order valence-electron chi connectivity index (χ0n) is 16.4. The third-order valence-corrected chi connectivity index (χ3v) is 5.31. The zero-order valence-corrected chi connectivity index (χ0v) is 17.2. The maximum atomic E-state index is 12.5. The van der Waals surface area contributed by atoms with Crippen LogP contribution in [0.3, 0.4) is 0 Å². The number of hydrogen-bond donors (Lipinski definition) is 3. The fraction of sp³-hybridized carbons (Fsp3) is 0.190. The van der Waals surface area contributed by atoms with Crippen LogP contribution in [0, 0.1) is 11.3 Å². The number of rotatable bonds is 7. The van der Waals surface area contributed by atoms with Crippen molar-refractivity contribution >= 4 is 39.0 Å². The van der Waals surface area contributed by atoms with Gasteiger partial charge in [0.05, 0.1) is 6.07 Å². The first kappa shape index (κ1) is 22.9. The molecule has 1 unspecified atom stereocenters. The highest BCUT2D eigenvalue weighted by Gasteiger charge is 2.31. The molecule has 0 radical (unpaired) electrons. The highest BCUT2D eigenvalue weighted by atomic mass is 32.1. The van der Waals surface area contributed by atoms with Crippen LogP contribution in [-0.2, 0) is 11.2 Å². The van der Waals surface area contributed by atoms with Crippen molar-refractivity contribution in [1.82, 2.24) is 10.6 Å². The Morgan fingerprint density at radius 3 is 2.53 bits per heavy atom. The van der Waals surface area contributed by atoms with Gasteiger partial charge < -0.3 is 20.7 Å². The quantitative estimate of drug-likeness (QED) is 0.459. The van der Waals surface area contributed by atoms with Crippen LogP contribution < -0.4 is 20.7 Å². The molecule has 0 spiro atoms. The summed E-state index contributed by atoms with van der Waals surface area (Å²) < 4.78 is 41.6. The van der Waals surface area contributed by atoms with E-state index in [2.05, 4.69) is 20.7 Å². The summed E-state index contributed by atoms with van der Waals surface area (Å²) in [7, 11) is 0. The monoisotopic (exact) mass is 462 g/mol. The van der Waals surface area contributed by atoms with Gasteiger partial charge in [0.15, 0.2) is 0 Å². The molecule has 0 saturated heterocycles. The van der Waals surface area contributed by atoms with Gasteiger partial charge in [-0.1, -0.05) is 18.2 Å². The number of carbonyl (C=O) groups is 2. The number of ether oxygens (including phenoxy) is 1. The lowest BCUT2D eigenvalue weighted by Gasteiger charge is -2.18. The first-order chi connectivity index (χ1) is 15.2. The first-order valence-corrected chi connectivity index (χ1v) is 10.2. The van der Waals surface area contributed by atoms with Crippen molar-refractivity contribution < 1.29 is 27.5 Å². The van der Waals surface area contributed by atoms with Gasteiger partial charge in [0.2, 0.25) is 5.91 Å². The van der Waals surface area contributed by atoms with Crippen molar-refractivity contribution in [3.63, 3.8) is 0 Å². The molecule has 11 heteroatoms. The summed E-state index contributed by atoms with van der Waals surface area (Å²) in [5.74, 6) is -0.965. The van der Waals surface area contributed by atoms with Crippen molar-refractivity contribution in [1.29, 1.82) is 5.26 Å². The van der Waals surface area contributed by atoms with E-state index in [-0.39, 0.29) is 18.7 Å². The minimum atomic E-state index is -4.82. The van der Waals surface area contributed by atoms with Gasteiger partial charge in [-0.25, -0.2) is 4.79 Å². The predicted molar refractivity (Wildman–Crippen MR) is 113 cm³/mol. The van der Waals surface area contributed by atoms with E-state index in [1.165, 1.54) is 23.5 Å². The van der Waals surface area contributed by atoms with Crippen molar-refractivity contribution in [2.45, 2.75) is 18.8 Å². The number of nitriles is 1. The summed E-state index contributed by atoms with van der Waals surface area (Å²) >= 11 is 1.51. The van der Waals surface area contributed by atoms with Crippen molar-refractivity contribution in [2.75, 3.05) is 11.9 Å². The smallest absolute Gasteiger partial charge is 0.406 e. The normalized spacial score (nSPS) is 11.9. The molecule has 0 aliphatic rings. The highest BCUT2D eigenvalue weighted by molar-refractivity contribution is 7.17. The van der Waals surface area contributed by atoms with E-state index in [0.717, 1.165) is 27.8 Å². The van der Waals surface area contributed by atoms with Gasteiger partial charge in [-0.05, 0) is 46.7 Å². The summed E-state index contributed by atoms with van der Waals surface area (Å²) in [6.45, 7) is -0.219. The van der Waals surface area contributed by atoms with Crippen molar-refractivity contribution in [3.05, 3.63) is 59.5 Å². The van der Waals surface area contributed by atoms with Crippen LogP contribution in [0.1, 0.15) is 5.56 Å². The maximum Gasteiger partial charge on any atom is 0.573 e. The van der Waals surface area contributed by atoms with Gasteiger partial charge in [-0.3, -0.25) is 4.79 Å². The Balaban J connectivity index is 1.69. The second-order valence-corrected chi connectivity index (χ2v) is 7.47. The number of fused-ring (bicyclic) bond motifs is 1. The number of carbonyl (C=O) groups excluding carboxylic acids is 2. The molecule has 0 aliphatic heterocycles. The number of thiophene rings is 1. The number of nitrogens with zero attached hydrogens (tertiary/aromatic N) is 1. The lowest BCUT2D eigenvalue weighted by molar-refractivity contribution is -0.274. The Morgan fingerprint density at radius 1 is 1.12 bits per heavy atom. The maximum absolute atomic E-state index is 12.5. The predicted octanol–water partition coefficient (Wildman–Crippen LogP) is 4.17. The van der Waals surface area contributed by atoms with Gasteiger partial charge in [-0.15, -0.1) is 24.5 Å². The highest BCUT2D eigenvalue weighted by Crippen LogP contribution is 2.27. The summed E-state index contributed by atoms with van der Waals surface area (Å²) in [6, 6.07) is 12.3. The number of halogens is 3. The zero-order chi connectivity index (χ0) is 23.1. The second-order valence-electron chi connectivity index (χ2n) is 6.56.